The normalized spacial score (nSPS) is 12.6. The number of hydrogen-bond donors (Lipinski definition) is 0. The average Bonchev–Trinajstić information content (AvgIpc) is 3.84. The lowest BCUT2D eigenvalue weighted by Gasteiger charge is -2.32. The van der Waals surface area contributed by atoms with Crippen molar-refractivity contribution in [1.82, 2.24) is 4.57 Å². The van der Waals surface area contributed by atoms with Gasteiger partial charge >= 0.3 is 0 Å². The summed E-state index contributed by atoms with van der Waals surface area (Å²) < 4.78 is 2.41. The fourth-order valence-corrected chi connectivity index (χ4v) is 10.7. The molecule has 0 unspecified atom stereocenters. The van der Waals surface area contributed by atoms with Crippen LogP contribution in [-0.4, -0.2) is 4.57 Å². The maximum atomic E-state index is 2.55. The second kappa shape index (κ2) is 15.6. The molecular formula is C63H46N2. The van der Waals surface area contributed by atoms with E-state index in [9.17, 15) is 0 Å². The molecule has 0 saturated heterocycles. The SMILES string of the molecule is CC1(C)c2ccccc2-c2c(N(c3cccc(-c4cccc5c4c4ccccc4n5-c4ccccc4)c3)c3cccc(-c4ccccc4)c3-c3ccccc3-c3ccccc3)cccc21. The first-order valence-electron chi connectivity index (χ1n) is 22.6. The minimum atomic E-state index is -0.174. The van der Waals surface area contributed by atoms with Crippen LogP contribution in [0.3, 0.4) is 0 Å². The van der Waals surface area contributed by atoms with Gasteiger partial charge in [-0.2, -0.15) is 0 Å². The molecule has 1 aromatic heterocycles. The van der Waals surface area contributed by atoms with E-state index in [1.54, 1.807) is 0 Å². The van der Waals surface area contributed by atoms with Gasteiger partial charge in [0.05, 0.1) is 22.4 Å². The Bertz CT molecular complexity index is 3560. The van der Waals surface area contributed by atoms with Crippen LogP contribution in [0.25, 0.3) is 83.1 Å². The highest BCUT2D eigenvalue weighted by atomic mass is 15.1. The van der Waals surface area contributed by atoms with Gasteiger partial charge in [0.15, 0.2) is 0 Å². The second-order valence-electron chi connectivity index (χ2n) is 17.6. The van der Waals surface area contributed by atoms with Crippen molar-refractivity contribution in [3.63, 3.8) is 0 Å². The summed E-state index contributed by atoms with van der Waals surface area (Å²) in [5, 5.41) is 2.48. The Hall–Kier alpha value is -8.20. The summed E-state index contributed by atoms with van der Waals surface area (Å²) in [4.78, 5) is 2.55. The van der Waals surface area contributed by atoms with Crippen molar-refractivity contribution < 1.29 is 0 Å². The molecule has 0 saturated carbocycles. The van der Waals surface area contributed by atoms with E-state index >= 15 is 0 Å². The van der Waals surface area contributed by atoms with Crippen LogP contribution in [-0.2, 0) is 5.41 Å². The Kier molecular flexibility index (Phi) is 9.21. The zero-order valence-corrected chi connectivity index (χ0v) is 36.5. The minimum absolute atomic E-state index is 0.174. The smallest absolute Gasteiger partial charge is 0.0547 e. The number of hydrogen-bond acceptors (Lipinski definition) is 1. The summed E-state index contributed by atoms with van der Waals surface area (Å²) in [5.41, 5.74) is 21.4. The highest BCUT2D eigenvalue weighted by molar-refractivity contribution is 6.16. The molecular weight excluding hydrogens is 785 g/mol. The molecule has 0 N–H and O–H groups in total. The van der Waals surface area contributed by atoms with Crippen molar-refractivity contribution in [2.75, 3.05) is 4.90 Å². The molecule has 2 heteroatoms. The van der Waals surface area contributed by atoms with Crippen molar-refractivity contribution in [1.29, 1.82) is 0 Å². The highest BCUT2D eigenvalue weighted by Crippen LogP contribution is 2.56. The molecule has 1 heterocycles. The second-order valence-corrected chi connectivity index (χ2v) is 17.6. The molecule has 0 aliphatic heterocycles. The number of rotatable bonds is 8. The van der Waals surface area contributed by atoms with Gasteiger partial charge in [0.1, 0.15) is 0 Å². The van der Waals surface area contributed by atoms with Gasteiger partial charge in [-0.1, -0.05) is 208 Å². The topological polar surface area (TPSA) is 8.17 Å². The van der Waals surface area contributed by atoms with Gasteiger partial charge in [-0.25, -0.2) is 0 Å². The summed E-state index contributed by atoms with van der Waals surface area (Å²) in [7, 11) is 0. The van der Waals surface area contributed by atoms with E-state index in [1.807, 2.05) is 0 Å². The number of aromatic nitrogens is 1. The zero-order valence-electron chi connectivity index (χ0n) is 36.5. The summed E-state index contributed by atoms with van der Waals surface area (Å²) in [5.74, 6) is 0. The van der Waals surface area contributed by atoms with E-state index in [0.717, 1.165) is 28.3 Å². The molecule has 0 spiro atoms. The average molecular weight is 831 g/mol. The number of para-hydroxylation sites is 2. The maximum Gasteiger partial charge on any atom is 0.0547 e. The van der Waals surface area contributed by atoms with Crippen LogP contribution < -0.4 is 4.90 Å². The van der Waals surface area contributed by atoms with Gasteiger partial charge in [0, 0.05) is 38.7 Å². The maximum absolute atomic E-state index is 2.55. The highest BCUT2D eigenvalue weighted by Gasteiger charge is 2.38. The number of nitrogens with zero attached hydrogens (tertiary/aromatic N) is 2. The first-order chi connectivity index (χ1) is 32.1. The molecule has 10 aromatic carbocycles. The largest absolute Gasteiger partial charge is 0.309 e. The molecule has 2 nitrogen and oxygen atoms in total. The molecule has 65 heavy (non-hydrogen) atoms. The van der Waals surface area contributed by atoms with E-state index in [0.29, 0.717) is 0 Å². The molecule has 0 atom stereocenters. The van der Waals surface area contributed by atoms with E-state index < -0.39 is 0 Å². The Morgan fingerprint density at radius 2 is 0.862 bits per heavy atom. The van der Waals surface area contributed by atoms with E-state index in [4.69, 9.17) is 0 Å². The van der Waals surface area contributed by atoms with Gasteiger partial charge in [-0.05, 0) is 104 Å². The van der Waals surface area contributed by atoms with Crippen LogP contribution in [0.4, 0.5) is 17.1 Å². The molecule has 0 fully saturated rings. The van der Waals surface area contributed by atoms with Crippen LogP contribution in [0.15, 0.2) is 243 Å². The van der Waals surface area contributed by atoms with E-state index in [2.05, 4.69) is 266 Å². The number of fused-ring (bicyclic) bond motifs is 6. The molecule has 0 amide bonds. The predicted molar refractivity (Wildman–Crippen MR) is 275 cm³/mol. The van der Waals surface area contributed by atoms with Gasteiger partial charge in [0.2, 0.25) is 0 Å². The van der Waals surface area contributed by atoms with Crippen molar-refractivity contribution in [3.05, 3.63) is 254 Å². The molecule has 0 radical (unpaired) electrons. The summed E-state index contributed by atoms with van der Waals surface area (Å²) in [6.07, 6.45) is 0. The van der Waals surface area contributed by atoms with Gasteiger partial charge in [-0.15, -0.1) is 0 Å². The third-order valence-electron chi connectivity index (χ3n) is 13.6. The van der Waals surface area contributed by atoms with Crippen LogP contribution >= 0.6 is 0 Å². The van der Waals surface area contributed by atoms with Crippen LogP contribution in [0.5, 0.6) is 0 Å². The van der Waals surface area contributed by atoms with Crippen LogP contribution in [0.1, 0.15) is 25.0 Å². The Labute approximate surface area is 381 Å². The lowest BCUT2D eigenvalue weighted by atomic mass is 9.82. The summed E-state index contributed by atoms with van der Waals surface area (Å²) in [6, 6.07) is 89.0. The quantitative estimate of drug-likeness (QED) is 0.148. The molecule has 1 aliphatic rings. The van der Waals surface area contributed by atoms with Crippen LogP contribution in [0.2, 0.25) is 0 Å². The van der Waals surface area contributed by atoms with Gasteiger partial charge < -0.3 is 9.47 Å². The molecule has 11 aromatic rings. The standard InChI is InChI=1S/C63H46N2/c1-63(2)54-36-16-14-32-52(54)62-55(63)37-21-41-59(62)65(57-39-19-34-49(44-24-8-4-9-25-44)60(57)51-31-13-12-30-48(51)43-22-6-3-7-23-43)47-29-18-26-45(42-47)50-35-20-40-58-61(50)53-33-15-17-38-56(53)64(58)46-27-10-5-11-28-46/h3-42H,1-2H3. The predicted octanol–water partition coefficient (Wildman–Crippen LogP) is 17.2. The van der Waals surface area contributed by atoms with E-state index in [-0.39, 0.29) is 5.41 Å². The zero-order chi connectivity index (χ0) is 43.5. The fourth-order valence-electron chi connectivity index (χ4n) is 10.7. The third kappa shape index (κ3) is 6.25. The third-order valence-corrected chi connectivity index (χ3v) is 13.6. The Morgan fingerprint density at radius 3 is 1.63 bits per heavy atom. The molecule has 12 rings (SSSR count). The number of benzene rings is 10. The van der Waals surface area contributed by atoms with Gasteiger partial charge in [-0.3, -0.25) is 0 Å². The van der Waals surface area contributed by atoms with Crippen molar-refractivity contribution in [3.8, 4) is 61.3 Å². The Balaban J connectivity index is 1.17. The van der Waals surface area contributed by atoms with Crippen molar-refractivity contribution in [2.45, 2.75) is 19.3 Å². The summed E-state index contributed by atoms with van der Waals surface area (Å²) >= 11 is 0. The first kappa shape index (κ1) is 38.5. The molecule has 308 valence electrons. The Morgan fingerprint density at radius 1 is 0.354 bits per heavy atom. The minimum Gasteiger partial charge on any atom is -0.309 e. The fraction of sp³-hybridized carbons (Fsp3) is 0.0476. The van der Waals surface area contributed by atoms with Crippen molar-refractivity contribution in [2.24, 2.45) is 0 Å². The van der Waals surface area contributed by atoms with Gasteiger partial charge in [0.25, 0.3) is 0 Å². The summed E-state index contributed by atoms with van der Waals surface area (Å²) in [6.45, 7) is 4.74. The monoisotopic (exact) mass is 830 g/mol. The lowest BCUT2D eigenvalue weighted by molar-refractivity contribution is 0.660. The number of anilines is 3. The van der Waals surface area contributed by atoms with Crippen LogP contribution in [0, 0.1) is 0 Å². The molecule has 0 bridgehead atoms. The molecule has 1 aliphatic carbocycles. The van der Waals surface area contributed by atoms with Crippen molar-refractivity contribution >= 4 is 38.9 Å². The lowest BCUT2D eigenvalue weighted by Crippen LogP contribution is -2.16. The van der Waals surface area contributed by atoms with E-state index in [1.165, 1.54) is 83.0 Å². The first-order valence-corrected chi connectivity index (χ1v) is 22.6.